The normalized spacial score (nSPS) is 17.1. The fourth-order valence-electron chi connectivity index (χ4n) is 3.21. The quantitative estimate of drug-likeness (QED) is 0.357. The van der Waals surface area contributed by atoms with E-state index in [2.05, 4.69) is 10.0 Å². The van der Waals surface area contributed by atoms with Gasteiger partial charge in [-0.1, -0.05) is 30.4 Å². The van der Waals surface area contributed by atoms with Crippen LogP contribution in [0.3, 0.4) is 0 Å². The van der Waals surface area contributed by atoms with E-state index in [-0.39, 0.29) is 6.04 Å². The number of rotatable bonds is 7. The van der Waals surface area contributed by atoms with E-state index >= 15 is 0 Å². The van der Waals surface area contributed by atoms with Gasteiger partial charge in [-0.05, 0) is 51.3 Å². The van der Waals surface area contributed by atoms with Gasteiger partial charge in [0.15, 0.2) is 0 Å². The number of nitrogens with one attached hydrogen (secondary N) is 2. The Morgan fingerprint density at radius 2 is 2.16 bits per heavy atom. The number of thiazole rings is 1. The van der Waals surface area contributed by atoms with Crippen LogP contribution in [0.2, 0.25) is 0 Å². The number of benzene rings is 1. The molecule has 0 saturated heterocycles. The average Bonchev–Trinajstić information content (AvgIpc) is 3.17. The van der Waals surface area contributed by atoms with E-state index in [0.717, 1.165) is 21.8 Å². The molecule has 1 aromatic heterocycles. The number of nitrogens with two attached hydrogens (primary N) is 1. The predicted molar refractivity (Wildman–Crippen MR) is 128 cm³/mol. The molecule has 1 unspecified atom stereocenters. The molecule has 172 valence electrons. The number of aromatic nitrogens is 1. The van der Waals surface area contributed by atoms with Crippen LogP contribution >= 0.6 is 11.3 Å². The predicted octanol–water partition coefficient (Wildman–Crippen LogP) is 3.72. The Kier molecular flexibility index (Phi) is 7.70. The summed E-state index contributed by atoms with van der Waals surface area (Å²) in [4.78, 5) is 17.2. The Labute approximate surface area is 193 Å². The van der Waals surface area contributed by atoms with Crippen molar-refractivity contribution in [3.63, 3.8) is 0 Å². The maximum absolute atomic E-state index is 12.5. The molecule has 4 N–H and O–H groups in total. The highest BCUT2D eigenvalue weighted by Crippen LogP contribution is 2.31. The van der Waals surface area contributed by atoms with Crippen LogP contribution in [0.15, 0.2) is 53.4 Å². The molecule has 10 heteroatoms. The topological polar surface area (TPSA) is 123 Å². The second-order valence-corrected chi connectivity index (χ2v) is 10.1. The lowest BCUT2D eigenvalue weighted by molar-refractivity contribution is 0.0503. The van der Waals surface area contributed by atoms with Gasteiger partial charge in [-0.2, -0.15) is 0 Å². The van der Waals surface area contributed by atoms with Crippen molar-refractivity contribution in [2.24, 2.45) is 0 Å². The number of thiol groups is 1. The number of hydrogen-bond donors (Lipinski definition) is 4. The number of carbonyl (C=O) groups is 1. The third-order valence-corrected chi connectivity index (χ3v) is 6.08. The first-order chi connectivity index (χ1) is 15.1. The third kappa shape index (κ3) is 7.18. The summed E-state index contributed by atoms with van der Waals surface area (Å²) in [5.74, 6) is 0. The summed E-state index contributed by atoms with van der Waals surface area (Å²) in [5, 5.41) is 5.61. The Morgan fingerprint density at radius 3 is 2.78 bits per heavy atom. The number of hydrogen-bond acceptors (Lipinski definition) is 7. The van der Waals surface area contributed by atoms with Crippen LogP contribution in [0.4, 0.5) is 10.5 Å². The molecule has 0 fully saturated rings. The minimum atomic E-state index is -2.66. The van der Waals surface area contributed by atoms with E-state index in [1.807, 2.05) is 68.6 Å². The number of amides is 1. The second-order valence-electron chi connectivity index (χ2n) is 8.47. The summed E-state index contributed by atoms with van der Waals surface area (Å²) in [6, 6.07) is 6.82. The van der Waals surface area contributed by atoms with E-state index in [0.29, 0.717) is 18.5 Å². The van der Waals surface area contributed by atoms with Gasteiger partial charge in [0.25, 0.3) is 0 Å². The van der Waals surface area contributed by atoms with E-state index in [9.17, 15) is 13.2 Å². The number of nitrogen functional groups attached to an aromatic ring is 1. The smallest absolute Gasteiger partial charge is 0.408 e. The molecule has 1 aromatic carbocycles. The van der Waals surface area contributed by atoms with Crippen molar-refractivity contribution in [1.29, 1.82) is 0 Å². The average molecular weight is 477 g/mol. The minimum absolute atomic E-state index is 0.257. The first-order valence-electron chi connectivity index (χ1n) is 10.2. The Bertz CT molecular complexity index is 1090. The van der Waals surface area contributed by atoms with Gasteiger partial charge in [0.05, 0.1) is 11.7 Å². The van der Waals surface area contributed by atoms with Gasteiger partial charge in [-0.25, -0.2) is 22.9 Å². The number of ether oxygens (including phenoxy) is 1. The molecule has 0 radical (unpaired) electrons. The van der Waals surface area contributed by atoms with E-state index in [1.54, 1.807) is 0 Å². The summed E-state index contributed by atoms with van der Waals surface area (Å²) in [6.45, 7) is 5.43. The Balaban J connectivity index is 1.79. The van der Waals surface area contributed by atoms with E-state index < -0.39 is 28.6 Å². The van der Waals surface area contributed by atoms with Crippen molar-refractivity contribution in [2.45, 2.75) is 51.3 Å². The van der Waals surface area contributed by atoms with Crippen molar-refractivity contribution >= 4 is 34.0 Å². The number of nitrogens with zero attached hydrogens (tertiary/aromatic N) is 1. The summed E-state index contributed by atoms with van der Waals surface area (Å²) in [5.41, 5.74) is 8.59. The van der Waals surface area contributed by atoms with Crippen molar-refractivity contribution in [3.8, 4) is 11.3 Å². The molecule has 0 aliphatic heterocycles. The fourth-order valence-corrected chi connectivity index (χ4v) is 4.55. The van der Waals surface area contributed by atoms with Crippen LogP contribution in [-0.2, 0) is 15.6 Å². The number of anilines is 1. The zero-order valence-electron chi connectivity index (χ0n) is 18.2. The van der Waals surface area contributed by atoms with Crippen LogP contribution in [0, 0.1) is 0 Å². The molecule has 3 rings (SSSR count). The molecule has 2 atom stereocenters. The summed E-state index contributed by atoms with van der Waals surface area (Å²) in [7, 11) is -2.66. The van der Waals surface area contributed by atoms with Gasteiger partial charge in [-0.3, -0.25) is 0 Å². The van der Waals surface area contributed by atoms with Crippen molar-refractivity contribution < 1.29 is 17.9 Å². The lowest BCUT2D eigenvalue weighted by Gasteiger charge is -2.24. The van der Waals surface area contributed by atoms with Gasteiger partial charge < -0.3 is 15.8 Å². The van der Waals surface area contributed by atoms with E-state index in [1.165, 1.54) is 11.3 Å². The minimum Gasteiger partial charge on any atom is -0.444 e. The fraction of sp³-hybridized carbons (Fsp3) is 0.364. The van der Waals surface area contributed by atoms with Gasteiger partial charge in [0.1, 0.15) is 10.6 Å². The Morgan fingerprint density at radius 1 is 1.38 bits per heavy atom. The second kappa shape index (κ2) is 10.3. The van der Waals surface area contributed by atoms with Crippen LogP contribution in [-0.4, -0.2) is 31.1 Å². The zero-order valence-corrected chi connectivity index (χ0v) is 19.9. The molecule has 0 spiro atoms. The van der Waals surface area contributed by atoms with Crippen LogP contribution in [0.25, 0.3) is 11.3 Å². The van der Waals surface area contributed by atoms with E-state index in [4.69, 9.17) is 15.5 Å². The number of carbonyl (C=O) groups excluding carboxylic acids is 1. The maximum atomic E-state index is 12.5. The largest absolute Gasteiger partial charge is 0.444 e. The first-order valence-corrected chi connectivity index (χ1v) is 12.2. The highest BCUT2D eigenvalue weighted by atomic mass is 32.2. The zero-order chi connectivity index (χ0) is 23.3. The van der Waals surface area contributed by atoms with Crippen LogP contribution in [0.5, 0.6) is 0 Å². The monoisotopic (exact) mass is 476 g/mol. The molecule has 1 aliphatic carbocycles. The molecule has 8 nitrogen and oxygen atoms in total. The summed E-state index contributed by atoms with van der Waals surface area (Å²) in [6.07, 6.45) is 6.16. The molecular weight excluding hydrogens is 448 g/mol. The van der Waals surface area contributed by atoms with Crippen molar-refractivity contribution in [3.05, 3.63) is 58.5 Å². The van der Waals surface area contributed by atoms with Crippen LogP contribution in [0.1, 0.15) is 44.7 Å². The first kappa shape index (κ1) is 24.0. The van der Waals surface area contributed by atoms with Crippen molar-refractivity contribution in [1.82, 2.24) is 15.0 Å². The highest BCUT2D eigenvalue weighted by molar-refractivity contribution is 7.70. The summed E-state index contributed by atoms with van der Waals surface area (Å²) >= 11 is 1.45. The van der Waals surface area contributed by atoms with Gasteiger partial charge in [0.2, 0.25) is 10.9 Å². The highest BCUT2D eigenvalue weighted by Gasteiger charge is 2.24. The lowest BCUT2D eigenvalue weighted by Crippen LogP contribution is -2.35. The third-order valence-electron chi connectivity index (χ3n) is 4.58. The van der Waals surface area contributed by atoms with Crippen molar-refractivity contribution in [2.75, 3.05) is 5.73 Å². The number of alkyl carbamates (subject to hydrolysis) is 1. The number of allylic oxidation sites excluding steroid dienone is 1. The molecule has 32 heavy (non-hydrogen) atoms. The lowest BCUT2D eigenvalue weighted by atomic mass is 9.98. The molecule has 1 amide bonds. The Hall–Kier alpha value is -2.69. The molecule has 1 aliphatic rings. The standard InChI is InChI=1S/C22H28N4O4S2/c1-22(2,3)30-21(27)25-18(11-14-7-9-17(10-8-14)26-32(28)29)20-24-19(13-31-20)15-5-4-6-16(23)12-15/h4-9,12-13,17-18,32H,10-11,23H2,1-3H3,(H,25,27)(H,26,28,29)/t17?,18-/m0/s1. The SMILES string of the molecule is CC(C)(C)OC(=O)N[C@@H](CC1=CCC(N[SH](=O)=O)C=C1)c1nc(-c2cccc(N)c2)cs1. The molecule has 0 saturated carbocycles. The molecule has 2 aromatic rings. The maximum Gasteiger partial charge on any atom is 0.408 e. The molecule has 0 bridgehead atoms. The van der Waals surface area contributed by atoms with Crippen LogP contribution < -0.4 is 15.8 Å². The molecule has 1 heterocycles. The van der Waals surface area contributed by atoms with Gasteiger partial charge in [-0.15, -0.1) is 11.3 Å². The van der Waals surface area contributed by atoms with Gasteiger partial charge >= 0.3 is 6.09 Å². The summed E-state index contributed by atoms with van der Waals surface area (Å²) < 4.78 is 29.7. The van der Waals surface area contributed by atoms with Gasteiger partial charge in [0, 0.05) is 22.7 Å². The molecular formula is C22H28N4O4S2.